The molecular weight excluding hydrogens is 244 g/mol. The molecule has 6 heteroatoms. The highest BCUT2D eigenvalue weighted by atomic mass is 16.5. The molecule has 6 nitrogen and oxygen atoms in total. The predicted octanol–water partition coefficient (Wildman–Crippen LogP) is 1.17. The van der Waals surface area contributed by atoms with E-state index < -0.39 is 0 Å². The molecule has 1 unspecified atom stereocenters. The van der Waals surface area contributed by atoms with Gasteiger partial charge < -0.3 is 20.7 Å². The number of aliphatic imine (C=N–C) groups is 1. The molecule has 0 aromatic rings. The Morgan fingerprint density at radius 3 is 2.53 bits per heavy atom. The molecule has 1 saturated carbocycles. The van der Waals surface area contributed by atoms with Crippen LogP contribution in [0.3, 0.4) is 0 Å². The number of hydrogen-bond donors (Lipinski definition) is 2. The van der Waals surface area contributed by atoms with Gasteiger partial charge >= 0.3 is 6.09 Å². The van der Waals surface area contributed by atoms with Crippen LogP contribution in [0, 0.1) is 5.92 Å². The summed E-state index contributed by atoms with van der Waals surface area (Å²) in [6.07, 6.45) is 1.91. The van der Waals surface area contributed by atoms with Crippen LogP contribution in [-0.2, 0) is 4.74 Å². The quantitative estimate of drug-likeness (QED) is 0.537. The van der Waals surface area contributed by atoms with Gasteiger partial charge in [0.15, 0.2) is 5.96 Å². The second-order valence-electron chi connectivity index (χ2n) is 4.68. The van der Waals surface area contributed by atoms with E-state index in [9.17, 15) is 4.79 Å². The maximum Gasteiger partial charge on any atom is 0.407 e. The van der Waals surface area contributed by atoms with Crippen LogP contribution in [0.4, 0.5) is 4.79 Å². The number of ether oxygens (including phenoxy) is 1. The number of hydrogen-bond acceptors (Lipinski definition) is 3. The van der Waals surface area contributed by atoms with Crippen molar-refractivity contribution in [2.45, 2.75) is 39.7 Å². The fraction of sp³-hybridized carbons (Fsp3) is 0.846. The van der Waals surface area contributed by atoms with Crippen LogP contribution in [-0.4, -0.2) is 49.2 Å². The molecule has 1 aliphatic rings. The molecule has 0 radical (unpaired) electrons. The molecule has 3 N–H and O–H groups in total. The van der Waals surface area contributed by atoms with Gasteiger partial charge in [0, 0.05) is 13.1 Å². The normalized spacial score (nSPS) is 16.9. The summed E-state index contributed by atoms with van der Waals surface area (Å²) in [5.74, 6) is 1.05. The minimum atomic E-state index is -0.365. The summed E-state index contributed by atoms with van der Waals surface area (Å²) in [5.41, 5.74) is 5.93. The molecule has 1 aliphatic carbocycles. The number of nitrogens with two attached hydrogens (primary N) is 1. The fourth-order valence-corrected chi connectivity index (χ4v) is 1.97. The standard InChI is InChI=1S/C13H26N4O2/c1-4-17(5-2)12(14)15-9-11(10-7-8-10)16-13(18)19-6-3/h10-11H,4-9H2,1-3H3,(H2,14,15)(H,16,18). The Morgan fingerprint density at radius 2 is 2.05 bits per heavy atom. The number of alkyl carbamates (subject to hydrolysis) is 1. The number of rotatable bonds is 7. The van der Waals surface area contributed by atoms with E-state index in [4.69, 9.17) is 10.5 Å². The van der Waals surface area contributed by atoms with Crippen molar-refractivity contribution in [2.75, 3.05) is 26.2 Å². The lowest BCUT2D eigenvalue weighted by Crippen LogP contribution is -2.41. The molecule has 0 aliphatic heterocycles. The summed E-state index contributed by atoms with van der Waals surface area (Å²) in [4.78, 5) is 17.8. The van der Waals surface area contributed by atoms with Gasteiger partial charge in [0.25, 0.3) is 0 Å². The fourth-order valence-electron chi connectivity index (χ4n) is 1.97. The molecule has 1 atom stereocenters. The van der Waals surface area contributed by atoms with Crippen molar-refractivity contribution in [3.63, 3.8) is 0 Å². The first kappa shape index (κ1) is 15.6. The Morgan fingerprint density at radius 1 is 1.42 bits per heavy atom. The summed E-state index contributed by atoms with van der Waals surface area (Å²) in [7, 11) is 0. The Labute approximate surface area is 115 Å². The average Bonchev–Trinajstić information content (AvgIpc) is 3.20. The van der Waals surface area contributed by atoms with Crippen LogP contribution in [0.25, 0.3) is 0 Å². The minimum Gasteiger partial charge on any atom is -0.450 e. The number of guanidine groups is 1. The van der Waals surface area contributed by atoms with Crippen LogP contribution >= 0.6 is 0 Å². The molecule has 1 fully saturated rings. The Hall–Kier alpha value is -1.46. The molecular formula is C13H26N4O2. The lowest BCUT2D eigenvalue weighted by molar-refractivity contribution is 0.147. The van der Waals surface area contributed by atoms with Gasteiger partial charge in [0.1, 0.15) is 0 Å². The minimum absolute atomic E-state index is 0.0353. The number of carbonyl (C=O) groups is 1. The molecule has 1 amide bonds. The molecule has 19 heavy (non-hydrogen) atoms. The van der Waals surface area contributed by atoms with Gasteiger partial charge in [-0.1, -0.05) is 0 Å². The highest BCUT2D eigenvalue weighted by molar-refractivity contribution is 5.78. The maximum absolute atomic E-state index is 11.5. The van der Waals surface area contributed by atoms with Crippen molar-refractivity contribution in [3.05, 3.63) is 0 Å². The predicted molar refractivity (Wildman–Crippen MR) is 76.1 cm³/mol. The van der Waals surface area contributed by atoms with Crippen LogP contribution in [0.1, 0.15) is 33.6 Å². The van der Waals surface area contributed by atoms with Crippen molar-refractivity contribution >= 4 is 12.1 Å². The number of amides is 1. The SMILES string of the molecule is CCOC(=O)NC(CN=C(N)N(CC)CC)C1CC1. The van der Waals surface area contributed by atoms with Crippen LogP contribution < -0.4 is 11.1 Å². The zero-order valence-corrected chi connectivity index (χ0v) is 12.2. The Balaban J connectivity index is 2.49. The lowest BCUT2D eigenvalue weighted by atomic mass is 10.2. The Kier molecular flexibility index (Phi) is 6.45. The number of nitrogens with one attached hydrogen (secondary N) is 1. The van der Waals surface area contributed by atoms with E-state index in [1.165, 1.54) is 0 Å². The van der Waals surface area contributed by atoms with Gasteiger partial charge in [-0.15, -0.1) is 0 Å². The third kappa shape index (κ3) is 5.36. The van der Waals surface area contributed by atoms with Crippen molar-refractivity contribution in [3.8, 4) is 0 Å². The molecule has 0 bridgehead atoms. The second kappa shape index (κ2) is 7.86. The zero-order valence-electron chi connectivity index (χ0n) is 12.2. The first-order valence-electron chi connectivity index (χ1n) is 7.10. The molecule has 0 heterocycles. The van der Waals surface area contributed by atoms with Crippen LogP contribution in [0.2, 0.25) is 0 Å². The largest absolute Gasteiger partial charge is 0.450 e. The van der Waals surface area contributed by atoms with E-state index in [1.807, 2.05) is 18.7 Å². The van der Waals surface area contributed by atoms with Gasteiger partial charge in [-0.3, -0.25) is 4.99 Å². The van der Waals surface area contributed by atoms with Gasteiger partial charge in [0.05, 0.1) is 19.2 Å². The maximum atomic E-state index is 11.5. The highest BCUT2D eigenvalue weighted by Gasteiger charge is 2.32. The van der Waals surface area contributed by atoms with Crippen molar-refractivity contribution in [1.82, 2.24) is 10.2 Å². The van der Waals surface area contributed by atoms with E-state index in [0.29, 0.717) is 25.0 Å². The topological polar surface area (TPSA) is 79.9 Å². The van der Waals surface area contributed by atoms with E-state index in [2.05, 4.69) is 10.3 Å². The van der Waals surface area contributed by atoms with Crippen molar-refractivity contribution in [2.24, 2.45) is 16.6 Å². The van der Waals surface area contributed by atoms with E-state index in [0.717, 1.165) is 25.9 Å². The van der Waals surface area contributed by atoms with E-state index in [1.54, 1.807) is 6.92 Å². The monoisotopic (exact) mass is 270 g/mol. The number of nitrogens with zero attached hydrogens (tertiary/aromatic N) is 2. The smallest absolute Gasteiger partial charge is 0.407 e. The zero-order chi connectivity index (χ0) is 14.3. The third-order valence-corrected chi connectivity index (χ3v) is 3.31. The first-order chi connectivity index (χ1) is 9.12. The lowest BCUT2D eigenvalue weighted by Gasteiger charge is -2.21. The third-order valence-electron chi connectivity index (χ3n) is 3.31. The van der Waals surface area contributed by atoms with Gasteiger partial charge in [-0.25, -0.2) is 4.79 Å². The summed E-state index contributed by atoms with van der Waals surface area (Å²) in [5, 5.41) is 2.87. The van der Waals surface area contributed by atoms with Crippen molar-refractivity contribution in [1.29, 1.82) is 0 Å². The second-order valence-corrected chi connectivity index (χ2v) is 4.68. The van der Waals surface area contributed by atoms with Crippen LogP contribution in [0.5, 0.6) is 0 Å². The molecule has 110 valence electrons. The Bertz CT molecular complexity index is 312. The average molecular weight is 270 g/mol. The summed E-state index contributed by atoms with van der Waals surface area (Å²) in [6, 6.07) is 0.0353. The van der Waals surface area contributed by atoms with Crippen molar-refractivity contribution < 1.29 is 9.53 Å². The molecule has 0 aromatic carbocycles. The summed E-state index contributed by atoms with van der Waals surface area (Å²) in [6.45, 7) is 8.46. The molecule has 0 aromatic heterocycles. The van der Waals surface area contributed by atoms with Gasteiger partial charge in [-0.2, -0.15) is 0 Å². The summed E-state index contributed by atoms with van der Waals surface area (Å²) >= 11 is 0. The first-order valence-corrected chi connectivity index (χ1v) is 7.10. The molecule has 1 rings (SSSR count). The highest BCUT2D eigenvalue weighted by Crippen LogP contribution is 2.32. The molecule has 0 spiro atoms. The van der Waals surface area contributed by atoms with E-state index in [-0.39, 0.29) is 12.1 Å². The summed E-state index contributed by atoms with van der Waals surface area (Å²) < 4.78 is 4.91. The van der Waals surface area contributed by atoms with Gasteiger partial charge in [0.2, 0.25) is 0 Å². The molecule has 0 saturated heterocycles. The van der Waals surface area contributed by atoms with E-state index >= 15 is 0 Å². The number of carbonyl (C=O) groups excluding carboxylic acids is 1. The van der Waals surface area contributed by atoms with Crippen LogP contribution in [0.15, 0.2) is 4.99 Å². The van der Waals surface area contributed by atoms with Gasteiger partial charge in [-0.05, 0) is 39.5 Å².